The summed E-state index contributed by atoms with van der Waals surface area (Å²) in [7, 11) is 0. The minimum Gasteiger partial charge on any atom is -0.456 e. The van der Waals surface area contributed by atoms with Gasteiger partial charge in [-0.05, 0) is 37.6 Å². The van der Waals surface area contributed by atoms with Gasteiger partial charge in [-0.1, -0.05) is 48.0 Å². The van der Waals surface area contributed by atoms with Gasteiger partial charge in [0, 0.05) is 10.9 Å². The molecule has 1 aromatic heterocycles. The molecule has 0 aliphatic rings. The van der Waals surface area contributed by atoms with Crippen LogP contribution in [-0.4, -0.2) is 5.78 Å². The molecule has 0 N–H and O–H groups in total. The van der Waals surface area contributed by atoms with Gasteiger partial charge in [-0.25, -0.2) is 0 Å². The number of fused-ring (bicyclic) bond motifs is 1. The van der Waals surface area contributed by atoms with Crippen molar-refractivity contribution in [3.8, 4) is 11.1 Å². The number of rotatable bonds is 3. The maximum atomic E-state index is 11.2. The van der Waals surface area contributed by atoms with Crippen LogP contribution in [0.15, 0.2) is 59.0 Å². The molecule has 0 radical (unpaired) electrons. The Bertz CT molecular complexity index is 820. The lowest BCUT2D eigenvalue weighted by Gasteiger charge is -2.01. The number of furan rings is 1. The van der Waals surface area contributed by atoms with Crippen molar-refractivity contribution in [1.82, 2.24) is 0 Å². The molecule has 2 nitrogen and oxygen atoms in total. The van der Waals surface area contributed by atoms with Crippen molar-refractivity contribution in [1.29, 1.82) is 0 Å². The lowest BCUT2D eigenvalue weighted by molar-refractivity contribution is -0.112. The molecule has 0 atom stereocenters. The van der Waals surface area contributed by atoms with E-state index in [-0.39, 0.29) is 5.78 Å². The van der Waals surface area contributed by atoms with E-state index in [2.05, 4.69) is 31.2 Å². The van der Waals surface area contributed by atoms with Gasteiger partial charge in [0.25, 0.3) is 0 Å². The van der Waals surface area contributed by atoms with E-state index in [1.807, 2.05) is 24.3 Å². The molecule has 2 heteroatoms. The predicted molar refractivity (Wildman–Crippen MR) is 86.1 cm³/mol. The van der Waals surface area contributed by atoms with Gasteiger partial charge < -0.3 is 4.42 Å². The summed E-state index contributed by atoms with van der Waals surface area (Å²) in [5, 5.41) is 1.06. The van der Waals surface area contributed by atoms with Gasteiger partial charge in [-0.15, -0.1) is 0 Å². The van der Waals surface area contributed by atoms with Crippen LogP contribution in [0.25, 0.3) is 28.2 Å². The number of carbonyl (C=O) groups is 1. The van der Waals surface area contributed by atoms with Crippen molar-refractivity contribution >= 4 is 22.8 Å². The van der Waals surface area contributed by atoms with Gasteiger partial charge in [0.1, 0.15) is 11.3 Å². The van der Waals surface area contributed by atoms with Crippen molar-refractivity contribution in [3.63, 3.8) is 0 Å². The van der Waals surface area contributed by atoms with Gasteiger partial charge in [-0.3, -0.25) is 4.79 Å². The molecular weight excluding hydrogens is 260 g/mol. The average molecular weight is 276 g/mol. The van der Waals surface area contributed by atoms with Crippen LogP contribution in [0.4, 0.5) is 0 Å². The summed E-state index contributed by atoms with van der Waals surface area (Å²) in [6.45, 7) is 3.60. The maximum absolute atomic E-state index is 11.2. The summed E-state index contributed by atoms with van der Waals surface area (Å²) in [5.74, 6) is 0.723. The molecular formula is C19H16O2. The highest BCUT2D eigenvalue weighted by Gasteiger charge is 2.13. The van der Waals surface area contributed by atoms with Gasteiger partial charge >= 0.3 is 0 Å². The summed E-state index contributed by atoms with van der Waals surface area (Å²) >= 11 is 0. The van der Waals surface area contributed by atoms with Crippen LogP contribution < -0.4 is 0 Å². The maximum Gasteiger partial charge on any atom is 0.152 e. The summed E-state index contributed by atoms with van der Waals surface area (Å²) in [6, 6.07) is 16.2. The monoisotopic (exact) mass is 276 g/mol. The molecule has 0 saturated heterocycles. The van der Waals surface area contributed by atoms with E-state index in [9.17, 15) is 4.79 Å². The molecule has 0 saturated carbocycles. The molecule has 21 heavy (non-hydrogen) atoms. The van der Waals surface area contributed by atoms with E-state index < -0.39 is 0 Å². The molecule has 3 aromatic rings. The first-order valence-electron chi connectivity index (χ1n) is 6.92. The van der Waals surface area contributed by atoms with Crippen LogP contribution in [0, 0.1) is 6.92 Å². The van der Waals surface area contributed by atoms with Crippen molar-refractivity contribution < 1.29 is 9.21 Å². The summed E-state index contributed by atoms with van der Waals surface area (Å²) in [6.07, 6.45) is 3.28. The molecule has 0 aliphatic heterocycles. The number of para-hydroxylation sites is 1. The van der Waals surface area contributed by atoms with Crippen LogP contribution in [-0.2, 0) is 4.79 Å². The first-order valence-corrected chi connectivity index (χ1v) is 6.92. The van der Waals surface area contributed by atoms with Crippen molar-refractivity contribution in [2.45, 2.75) is 13.8 Å². The fourth-order valence-electron chi connectivity index (χ4n) is 2.39. The van der Waals surface area contributed by atoms with Gasteiger partial charge in [-0.2, -0.15) is 0 Å². The van der Waals surface area contributed by atoms with Crippen LogP contribution in [0.3, 0.4) is 0 Å². The Morgan fingerprint density at radius 2 is 1.76 bits per heavy atom. The number of benzene rings is 2. The third-order valence-electron chi connectivity index (χ3n) is 3.43. The van der Waals surface area contributed by atoms with E-state index in [1.165, 1.54) is 18.6 Å². The Morgan fingerprint density at radius 1 is 1.05 bits per heavy atom. The first kappa shape index (κ1) is 13.4. The highest BCUT2D eigenvalue weighted by atomic mass is 16.3. The van der Waals surface area contributed by atoms with Crippen LogP contribution in [0.1, 0.15) is 18.2 Å². The van der Waals surface area contributed by atoms with E-state index in [0.717, 1.165) is 27.9 Å². The lowest BCUT2D eigenvalue weighted by atomic mass is 10.0. The lowest BCUT2D eigenvalue weighted by Crippen LogP contribution is -1.82. The van der Waals surface area contributed by atoms with E-state index >= 15 is 0 Å². The smallest absolute Gasteiger partial charge is 0.152 e. The average Bonchev–Trinajstić information content (AvgIpc) is 2.84. The van der Waals surface area contributed by atoms with Gasteiger partial charge in [0.15, 0.2) is 5.78 Å². The zero-order valence-corrected chi connectivity index (χ0v) is 12.1. The minimum atomic E-state index is 0.00492. The van der Waals surface area contributed by atoms with Crippen LogP contribution in [0.2, 0.25) is 0 Å². The Labute approximate surface area is 123 Å². The highest BCUT2D eigenvalue weighted by molar-refractivity contribution is 6.00. The number of allylic oxidation sites excluding steroid dienone is 1. The number of carbonyl (C=O) groups excluding carboxylic acids is 1. The van der Waals surface area contributed by atoms with E-state index in [0.29, 0.717) is 0 Å². The summed E-state index contributed by atoms with van der Waals surface area (Å²) in [4.78, 5) is 11.2. The SMILES string of the molecule is CC(=O)/C=C/c1oc2ccccc2c1-c1ccc(C)cc1. The largest absolute Gasteiger partial charge is 0.456 e. The zero-order chi connectivity index (χ0) is 14.8. The first-order chi connectivity index (χ1) is 10.1. The second-order valence-electron chi connectivity index (χ2n) is 5.15. The van der Waals surface area contributed by atoms with E-state index in [4.69, 9.17) is 4.42 Å². The van der Waals surface area contributed by atoms with Crippen molar-refractivity contribution in [3.05, 3.63) is 65.9 Å². The number of hydrogen-bond acceptors (Lipinski definition) is 2. The van der Waals surface area contributed by atoms with Crippen molar-refractivity contribution in [2.24, 2.45) is 0 Å². The summed E-state index contributed by atoms with van der Waals surface area (Å²) in [5.41, 5.74) is 4.17. The molecule has 3 rings (SSSR count). The minimum absolute atomic E-state index is 0.00492. The zero-order valence-electron chi connectivity index (χ0n) is 12.1. The molecule has 0 amide bonds. The molecule has 0 unspecified atom stereocenters. The fraction of sp³-hybridized carbons (Fsp3) is 0.105. The molecule has 2 aromatic carbocycles. The highest BCUT2D eigenvalue weighted by Crippen LogP contribution is 2.35. The molecule has 0 spiro atoms. The second-order valence-corrected chi connectivity index (χ2v) is 5.15. The summed E-state index contributed by atoms with van der Waals surface area (Å²) < 4.78 is 5.90. The van der Waals surface area contributed by atoms with Crippen molar-refractivity contribution in [2.75, 3.05) is 0 Å². The topological polar surface area (TPSA) is 30.2 Å². The Balaban J connectivity index is 2.24. The predicted octanol–water partition coefficient (Wildman–Crippen LogP) is 5.01. The van der Waals surface area contributed by atoms with Gasteiger partial charge in [0.2, 0.25) is 0 Å². The second kappa shape index (κ2) is 5.41. The number of hydrogen-bond donors (Lipinski definition) is 0. The van der Waals surface area contributed by atoms with Crippen LogP contribution >= 0.6 is 0 Å². The van der Waals surface area contributed by atoms with Gasteiger partial charge in [0.05, 0.1) is 0 Å². The standard InChI is InChI=1S/C19H16O2/c1-13-7-10-15(11-8-13)19-16-5-3-4-6-17(16)21-18(19)12-9-14(2)20/h3-12H,1-2H3/b12-9+. The van der Waals surface area contributed by atoms with Crippen LogP contribution in [0.5, 0.6) is 0 Å². The van der Waals surface area contributed by atoms with E-state index in [1.54, 1.807) is 6.08 Å². The third kappa shape index (κ3) is 2.65. The quantitative estimate of drug-likeness (QED) is 0.629. The third-order valence-corrected chi connectivity index (χ3v) is 3.43. The number of aryl methyl sites for hydroxylation is 1. The molecule has 1 heterocycles. The number of ketones is 1. The Hall–Kier alpha value is -2.61. The normalized spacial score (nSPS) is 11.3. The fourth-order valence-corrected chi connectivity index (χ4v) is 2.39. The Kier molecular flexibility index (Phi) is 3.44. The molecule has 0 bridgehead atoms. The molecule has 104 valence electrons. The molecule has 0 fully saturated rings. The Morgan fingerprint density at radius 3 is 2.48 bits per heavy atom. The molecule has 0 aliphatic carbocycles.